The highest BCUT2D eigenvalue weighted by Crippen LogP contribution is 2.54. The molecule has 2 aromatic heterocycles. The van der Waals surface area contributed by atoms with Gasteiger partial charge in [-0.15, -0.1) is 11.3 Å². The molecule has 1 aliphatic carbocycles. The summed E-state index contributed by atoms with van der Waals surface area (Å²) in [5.41, 5.74) is 8.21. The molecule has 9 rings (SSSR count). The smallest absolute Gasteiger partial charge is 0.164 e. The molecule has 0 saturated carbocycles. The number of nitrogens with zero attached hydrogens (tertiary/aromatic N) is 3. The largest absolute Gasteiger partial charge is 0.208 e. The highest BCUT2D eigenvalue weighted by Gasteiger charge is 2.38. The molecular formula is C40H27N3S. The molecule has 3 nitrogen and oxygen atoms in total. The van der Waals surface area contributed by atoms with E-state index in [0.717, 1.165) is 16.7 Å². The fraction of sp³-hybridized carbons (Fsp3) is 0.0750. The van der Waals surface area contributed by atoms with E-state index in [-0.39, 0.29) is 5.41 Å². The normalized spacial score (nSPS) is 13.4. The summed E-state index contributed by atoms with van der Waals surface area (Å²) in [7, 11) is 0. The van der Waals surface area contributed by atoms with Gasteiger partial charge in [0.05, 0.1) is 0 Å². The molecule has 0 spiro atoms. The van der Waals surface area contributed by atoms with E-state index in [1.165, 1.54) is 53.2 Å². The van der Waals surface area contributed by atoms with Crippen molar-refractivity contribution in [3.05, 3.63) is 139 Å². The molecule has 0 bridgehead atoms. The number of aromatic nitrogens is 3. The molecule has 0 aliphatic heterocycles. The van der Waals surface area contributed by atoms with E-state index in [1.807, 2.05) is 47.7 Å². The van der Waals surface area contributed by atoms with E-state index in [0.29, 0.717) is 17.5 Å². The van der Waals surface area contributed by atoms with Gasteiger partial charge in [-0.3, -0.25) is 0 Å². The molecule has 44 heavy (non-hydrogen) atoms. The predicted molar refractivity (Wildman–Crippen MR) is 184 cm³/mol. The SMILES string of the molecule is CC1(C)c2ccccc2-c2ccc3c(-c4nc(-c5ccccc5)nc(-c5ccccc5)n4)cc4sc5ccccc5c4c3c21. The summed E-state index contributed by atoms with van der Waals surface area (Å²) in [6.07, 6.45) is 0. The summed E-state index contributed by atoms with van der Waals surface area (Å²) in [5.74, 6) is 2.04. The zero-order valence-electron chi connectivity index (χ0n) is 24.4. The van der Waals surface area contributed by atoms with E-state index >= 15 is 0 Å². The van der Waals surface area contributed by atoms with E-state index in [2.05, 4.69) is 105 Å². The molecule has 4 heteroatoms. The first kappa shape index (κ1) is 25.3. The van der Waals surface area contributed by atoms with Gasteiger partial charge in [-0.25, -0.2) is 15.0 Å². The lowest BCUT2D eigenvalue weighted by Gasteiger charge is -2.24. The Bertz CT molecular complexity index is 2350. The van der Waals surface area contributed by atoms with Crippen LogP contribution in [0.5, 0.6) is 0 Å². The van der Waals surface area contributed by atoms with Gasteiger partial charge in [0.25, 0.3) is 0 Å². The third-order valence-electron chi connectivity index (χ3n) is 9.10. The Kier molecular flexibility index (Phi) is 5.41. The van der Waals surface area contributed by atoms with Crippen LogP contribution in [0, 0.1) is 0 Å². The predicted octanol–water partition coefficient (Wildman–Crippen LogP) is 10.7. The number of hydrogen-bond acceptors (Lipinski definition) is 4. The molecule has 2 heterocycles. The topological polar surface area (TPSA) is 38.7 Å². The molecule has 1 aliphatic rings. The first-order chi connectivity index (χ1) is 21.6. The average Bonchev–Trinajstić information content (AvgIpc) is 3.57. The summed E-state index contributed by atoms with van der Waals surface area (Å²) in [5, 5.41) is 5.10. The second-order valence-electron chi connectivity index (χ2n) is 12.0. The van der Waals surface area contributed by atoms with Crippen molar-refractivity contribution in [3.8, 4) is 45.3 Å². The second-order valence-corrected chi connectivity index (χ2v) is 13.1. The Labute approximate surface area is 259 Å². The molecule has 0 atom stereocenters. The molecule has 0 unspecified atom stereocenters. The van der Waals surface area contributed by atoms with Crippen LogP contribution in [0.3, 0.4) is 0 Å². The van der Waals surface area contributed by atoms with Gasteiger partial charge in [0.2, 0.25) is 0 Å². The van der Waals surface area contributed by atoms with Gasteiger partial charge in [-0.05, 0) is 45.2 Å². The average molecular weight is 582 g/mol. The standard InChI is InChI=1S/C40H27N3S/c1-40(2)31-19-11-9-17-26(31)28-22-21-27-30(23-33-34(35(27)36(28)40)29-18-10-12-20-32(29)44-33)39-42-37(24-13-5-3-6-14-24)41-38(43-39)25-15-7-4-8-16-25/h3-23H,1-2H3. The maximum atomic E-state index is 5.16. The zero-order chi connectivity index (χ0) is 29.4. The molecule has 0 fully saturated rings. The van der Waals surface area contributed by atoms with Gasteiger partial charge in [-0.2, -0.15) is 0 Å². The Morgan fingerprint density at radius 1 is 0.477 bits per heavy atom. The van der Waals surface area contributed by atoms with Crippen LogP contribution < -0.4 is 0 Å². The summed E-state index contributed by atoms with van der Waals surface area (Å²) < 4.78 is 2.54. The molecule has 208 valence electrons. The van der Waals surface area contributed by atoms with Crippen molar-refractivity contribution in [3.63, 3.8) is 0 Å². The number of benzene rings is 6. The molecule has 0 amide bonds. The fourth-order valence-corrected chi connectivity index (χ4v) is 8.26. The first-order valence-corrected chi connectivity index (χ1v) is 15.8. The molecule has 0 saturated heterocycles. The molecule has 0 N–H and O–H groups in total. The van der Waals surface area contributed by atoms with Crippen LogP contribution in [0.15, 0.2) is 127 Å². The summed E-state index contributed by atoms with van der Waals surface area (Å²) in [6.45, 7) is 4.74. The number of thiophene rings is 1. The van der Waals surface area contributed by atoms with E-state index < -0.39 is 0 Å². The van der Waals surface area contributed by atoms with Crippen LogP contribution in [0.2, 0.25) is 0 Å². The van der Waals surface area contributed by atoms with Crippen molar-refractivity contribution < 1.29 is 0 Å². The van der Waals surface area contributed by atoms with Gasteiger partial charge >= 0.3 is 0 Å². The van der Waals surface area contributed by atoms with Crippen molar-refractivity contribution in [1.29, 1.82) is 0 Å². The van der Waals surface area contributed by atoms with E-state index in [4.69, 9.17) is 15.0 Å². The Balaban J connectivity index is 1.43. The number of hydrogen-bond donors (Lipinski definition) is 0. The van der Waals surface area contributed by atoms with Crippen molar-refractivity contribution >= 4 is 42.3 Å². The number of fused-ring (bicyclic) bond motifs is 9. The summed E-state index contributed by atoms with van der Waals surface area (Å²) in [4.78, 5) is 15.3. The van der Waals surface area contributed by atoms with Crippen LogP contribution in [0.4, 0.5) is 0 Å². The van der Waals surface area contributed by atoms with Crippen molar-refractivity contribution in [2.75, 3.05) is 0 Å². The molecule has 6 aromatic carbocycles. The summed E-state index contributed by atoms with van der Waals surface area (Å²) in [6, 6.07) is 45.0. The lowest BCUT2D eigenvalue weighted by atomic mass is 9.79. The minimum Gasteiger partial charge on any atom is -0.208 e. The van der Waals surface area contributed by atoms with Gasteiger partial charge in [0.15, 0.2) is 17.5 Å². The van der Waals surface area contributed by atoms with E-state index in [9.17, 15) is 0 Å². The van der Waals surface area contributed by atoms with Crippen molar-refractivity contribution in [2.45, 2.75) is 19.3 Å². The maximum Gasteiger partial charge on any atom is 0.164 e. The third kappa shape index (κ3) is 3.64. The maximum absolute atomic E-state index is 5.16. The van der Waals surface area contributed by atoms with Crippen LogP contribution in [0.1, 0.15) is 25.0 Å². The Morgan fingerprint density at radius 3 is 1.82 bits per heavy atom. The quantitative estimate of drug-likeness (QED) is 0.208. The van der Waals surface area contributed by atoms with Crippen LogP contribution in [-0.4, -0.2) is 15.0 Å². The van der Waals surface area contributed by atoms with Gasteiger partial charge < -0.3 is 0 Å². The van der Waals surface area contributed by atoms with Crippen LogP contribution >= 0.6 is 11.3 Å². The molecule has 0 radical (unpaired) electrons. The highest BCUT2D eigenvalue weighted by molar-refractivity contribution is 7.26. The van der Waals surface area contributed by atoms with Crippen molar-refractivity contribution in [2.24, 2.45) is 0 Å². The van der Waals surface area contributed by atoms with Gasteiger partial charge in [0.1, 0.15) is 0 Å². The fourth-order valence-electron chi connectivity index (χ4n) is 7.10. The Hall–Kier alpha value is -5.19. The van der Waals surface area contributed by atoms with Crippen molar-refractivity contribution in [1.82, 2.24) is 15.0 Å². The first-order valence-electron chi connectivity index (χ1n) is 15.0. The lowest BCUT2D eigenvalue weighted by Crippen LogP contribution is -2.15. The monoisotopic (exact) mass is 581 g/mol. The second kappa shape index (κ2) is 9.40. The van der Waals surface area contributed by atoms with Gasteiger partial charge in [0, 0.05) is 42.3 Å². The number of rotatable bonds is 3. The van der Waals surface area contributed by atoms with Crippen LogP contribution in [0.25, 0.3) is 76.2 Å². The molecule has 8 aromatic rings. The minimum atomic E-state index is -0.163. The minimum absolute atomic E-state index is 0.163. The van der Waals surface area contributed by atoms with E-state index in [1.54, 1.807) is 0 Å². The Morgan fingerprint density at radius 2 is 1.09 bits per heavy atom. The molecular weight excluding hydrogens is 555 g/mol. The van der Waals surface area contributed by atoms with Crippen LogP contribution in [-0.2, 0) is 5.41 Å². The summed E-state index contributed by atoms with van der Waals surface area (Å²) >= 11 is 1.84. The lowest BCUT2D eigenvalue weighted by molar-refractivity contribution is 0.666. The van der Waals surface area contributed by atoms with Gasteiger partial charge in [-0.1, -0.05) is 129 Å². The third-order valence-corrected chi connectivity index (χ3v) is 10.2. The zero-order valence-corrected chi connectivity index (χ0v) is 25.2. The highest BCUT2D eigenvalue weighted by atomic mass is 32.1.